The first-order valence-corrected chi connectivity index (χ1v) is 6.35. The minimum absolute atomic E-state index is 0.227. The van der Waals surface area contributed by atoms with Gasteiger partial charge in [0, 0.05) is 24.5 Å². The molecule has 0 spiro atoms. The van der Waals surface area contributed by atoms with Crippen LogP contribution in [0, 0.1) is 6.92 Å². The molecule has 3 nitrogen and oxygen atoms in total. The minimum Gasteiger partial charge on any atom is -0.309 e. The lowest BCUT2D eigenvalue weighted by atomic mass is 10.1. The Morgan fingerprint density at radius 1 is 1.17 bits per heavy atom. The molecule has 0 aromatic carbocycles. The van der Waals surface area contributed by atoms with E-state index in [0.717, 1.165) is 24.4 Å². The molecule has 1 unspecified atom stereocenters. The summed E-state index contributed by atoms with van der Waals surface area (Å²) in [5.41, 5.74) is 3.41. The maximum Gasteiger partial charge on any atom is 0.0579 e. The van der Waals surface area contributed by atoms with Crippen molar-refractivity contribution in [2.45, 2.75) is 26.3 Å². The van der Waals surface area contributed by atoms with Gasteiger partial charge in [-0.05, 0) is 43.3 Å². The lowest BCUT2D eigenvalue weighted by Gasteiger charge is -2.17. The van der Waals surface area contributed by atoms with Gasteiger partial charge in [-0.3, -0.25) is 9.97 Å². The van der Waals surface area contributed by atoms with Gasteiger partial charge in [0.1, 0.15) is 0 Å². The second-order valence-electron chi connectivity index (χ2n) is 4.39. The summed E-state index contributed by atoms with van der Waals surface area (Å²) in [6, 6.07) is 10.4. The fourth-order valence-corrected chi connectivity index (χ4v) is 2.01. The van der Waals surface area contributed by atoms with Gasteiger partial charge in [0.25, 0.3) is 0 Å². The summed E-state index contributed by atoms with van der Waals surface area (Å²) in [5, 5.41) is 3.47. The number of aryl methyl sites for hydroxylation is 1. The molecule has 2 heterocycles. The van der Waals surface area contributed by atoms with Crippen molar-refractivity contribution in [3.05, 3.63) is 59.7 Å². The monoisotopic (exact) mass is 241 g/mol. The summed E-state index contributed by atoms with van der Waals surface area (Å²) < 4.78 is 0. The highest BCUT2D eigenvalue weighted by Crippen LogP contribution is 2.16. The molecule has 3 heteroatoms. The third-order valence-corrected chi connectivity index (χ3v) is 2.88. The van der Waals surface area contributed by atoms with Crippen LogP contribution in [0.4, 0.5) is 0 Å². The van der Waals surface area contributed by atoms with E-state index in [1.807, 2.05) is 30.6 Å². The molecule has 0 aliphatic heterocycles. The van der Waals surface area contributed by atoms with Gasteiger partial charge in [-0.15, -0.1) is 0 Å². The molecule has 0 saturated carbocycles. The molecule has 0 amide bonds. The molecule has 1 atom stereocenters. The Labute approximate surface area is 108 Å². The fraction of sp³-hybridized carbons (Fsp3) is 0.333. The van der Waals surface area contributed by atoms with Crippen molar-refractivity contribution in [2.24, 2.45) is 0 Å². The van der Waals surface area contributed by atoms with E-state index in [9.17, 15) is 0 Å². The van der Waals surface area contributed by atoms with Crippen molar-refractivity contribution in [2.75, 3.05) is 6.54 Å². The lowest BCUT2D eigenvalue weighted by molar-refractivity contribution is 0.531. The van der Waals surface area contributed by atoms with Crippen LogP contribution in [0.3, 0.4) is 0 Å². The van der Waals surface area contributed by atoms with Gasteiger partial charge in [0.05, 0.1) is 11.7 Å². The van der Waals surface area contributed by atoms with E-state index in [-0.39, 0.29) is 6.04 Å². The lowest BCUT2D eigenvalue weighted by Crippen LogP contribution is -2.24. The SMILES string of the molecule is CCNC(Cc1ccccn1)c1cc(C)ccn1. The van der Waals surface area contributed by atoms with E-state index >= 15 is 0 Å². The Kier molecular flexibility index (Phi) is 4.42. The normalized spacial score (nSPS) is 12.3. The Bertz CT molecular complexity index is 482. The quantitative estimate of drug-likeness (QED) is 0.874. The van der Waals surface area contributed by atoms with Crippen molar-refractivity contribution in [3.8, 4) is 0 Å². The number of nitrogens with zero attached hydrogens (tertiary/aromatic N) is 2. The van der Waals surface area contributed by atoms with E-state index in [1.54, 1.807) is 0 Å². The van der Waals surface area contributed by atoms with Crippen molar-refractivity contribution in [1.29, 1.82) is 0 Å². The smallest absolute Gasteiger partial charge is 0.0579 e. The molecule has 1 N–H and O–H groups in total. The molecule has 0 radical (unpaired) electrons. The average Bonchev–Trinajstić information content (AvgIpc) is 2.39. The van der Waals surface area contributed by atoms with Crippen LogP contribution >= 0.6 is 0 Å². The Balaban J connectivity index is 2.18. The third kappa shape index (κ3) is 3.37. The predicted molar refractivity (Wildman–Crippen MR) is 73.3 cm³/mol. The van der Waals surface area contributed by atoms with Crippen LogP contribution in [0.25, 0.3) is 0 Å². The van der Waals surface area contributed by atoms with Gasteiger partial charge in [0.15, 0.2) is 0 Å². The Morgan fingerprint density at radius 2 is 2.06 bits per heavy atom. The van der Waals surface area contributed by atoms with Gasteiger partial charge in [-0.1, -0.05) is 13.0 Å². The molecule has 0 aliphatic rings. The number of likely N-dealkylation sites (N-methyl/N-ethyl adjacent to an activating group) is 1. The highest BCUT2D eigenvalue weighted by Gasteiger charge is 2.13. The molecule has 0 fully saturated rings. The van der Waals surface area contributed by atoms with Crippen LogP contribution < -0.4 is 5.32 Å². The molecule has 94 valence electrons. The minimum atomic E-state index is 0.227. The molecular weight excluding hydrogens is 222 g/mol. The number of rotatable bonds is 5. The number of hydrogen-bond acceptors (Lipinski definition) is 3. The van der Waals surface area contributed by atoms with Crippen LogP contribution in [0.1, 0.15) is 29.9 Å². The standard InChI is InChI=1S/C15H19N3/c1-3-16-15(11-13-6-4-5-8-17-13)14-10-12(2)7-9-18-14/h4-10,15-16H,3,11H2,1-2H3. The molecule has 2 rings (SSSR count). The summed E-state index contributed by atoms with van der Waals surface area (Å²) in [5.74, 6) is 0. The number of aromatic nitrogens is 2. The van der Waals surface area contributed by atoms with E-state index in [1.165, 1.54) is 5.56 Å². The van der Waals surface area contributed by atoms with Gasteiger partial charge < -0.3 is 5.32 Å². The summed E-state index contributed by atoms with van der Waals surface area (Å²) in [7, 11) is 0. The van der Waals surface area contributed by atoms with Gasteiger partial charge in [0.2, 0.25) is 0 Å². The maximum absolute atomic E-state index is 4.46. The van der Waals surface area contributed by atoms with Gasteiger partial charge >= 0.3 is 0 Å². The zero-order valence-electron chi connectivity index (χ0n) is 10.9. The van der Waals surface area contributed by atoms with Crippen molar-refractivity contribution < 1.29 is 0 Å². The number of hydrogen-bond donors (Lipinski definition) is 1. The number of pyridine rings is 2. The first kappa shape index (κ1) is 12.7. The molecule has 0 bridgehead atoms. The number of nitrogens with one attached hydrogen (secondary N) is 1. The fourth-order valence-electron chi connectivity index (χ4n) is 2.01. The summed E-state index contributed by atoms with van der Waals surface area (Å²) in [6.07, 6.45) is 4.57. The van der Waals surface area contributed by atoms with E-state index in [4.69, 9.17) is 0 Å². The van der Waals surface area contributed by atoms with Crippen LogP contribution in [-0.4, -0.2) is 16.5 Å². The first-order valence-electron chi connectivity index (χ1n) is 6.35. The molecular formula is C15H19N3. The zero-order chi connectivity index (χ0) is 12.8. The van der Waals surface area contributed by atoms with Crippen LogP contribution in [-0.2, 0) is 6.42 Å². The van der Waals surface area contributed by atoms with Crippen molar-refractivity contribution >= 4 is 0 Å². The highest BCUT2D eigenvalue weighted by atomic mass is 14.9. The molecule has 2 aromatic heterocycles. The average molecular weight is 241 g/mol. The van der Waals surface area contributed by atoms with E-state index in [2.05, 4.69) is 41.3 Å². The predicted octanol–water partition coefficient (Wildman–Crippen LogP) is 2.68. The van der Waals surface area contributed by atoms with Gasteiger partial charge in [-0.2, -0.15) is 0 Å². The highest BCUT2D eigenvalue weighted by molar-refractivity contribution is 5.19. The van der Waals surface area contributed by atoms with Crippen LogP contribution in [0.2, 0.25) is 0 Å². The third-order valence-electron chi connectivity index (χ3n) is 2.88. The molecule has 0 aliphatic carbocycles. The Hall–Kier alpha value is -1.74. The van der Waals surface area contributed by atoms with Crippen LogP contribution in [0.15, 0.2) is 42.7 Å². The summed E-state index contributed by atoms with van der Waals surface area (Å²) in [6.45, 7) is 5.13. The zero-order valence-corrected chi connectivity index (χ0v) is 10.9. The largest absolute Gasteiger partial charge is 0.309 e. The maximum atomic E-state index is 4.46. The summed E-state index contributed by atoms with van der Waals surface area (Å²) >= 11 is 0. The van der Waals surface area contributed by atoms with Gasteiger partial charge in [-0.25, -0.2) is 0 Å². The van der Waals surface area contributed by atoms with Crippen molar-refractivity contribution in [3.63, 3.8) is 0 Å². The second-order valence-corrected chi connectivity index (χ2v) is 4.39. The summed E-state index contributed by atoms with van der Waals surface area (Å²) in [4.78, 5) is 8.85. The van der Waals surface area contributed by atoms with E-state index in [0.29, 0.717) is 0 Å². The second kappa shape index (κ2) is 6.26. The molecule has 2 aromatic rings. The Morgan fingerprint density at radius 3 is 2.72 bits per heavy atom. The first-order chi connectivity index (χ1) is 8.79. The molecule has 0 saturated heterocycles. The topological polar surface area (TPSA) is 37.8 Å². The van der Waals surface area contributed by atoms with Crippen LogP contribution in [0.5, 0.6) is 0 Å². The molecule has 18 heavy (non-hydrogen) atoms. The van der Waals surface area contributed by atoms with E-state index < -0.39 is 0 Å². The van der Waals surface area contributed by atoms with Crippen molar-refractivity contribution in [1.82, 2.24) is 15.3 Å².